The van der Waals surface area contributed by atoms with Crippen LogP contribution in [0.15, 0.2) is 18.2 Å². The average molecular weight is 304 g/mol. The lowest BCUT2D eigenvalue weighted by molar-refractivity contribution is 0.638. The van der Waals surface area contributed by atoms with Gasteiger partial charge in [-0.05, 0) is 46.7 Å². The molecular formula is C11H17IN2. The van der Waals surface area contributed by atoms with Crippen molar-refractivity contribution in [2.75, 3.05) is 24.2 Å². The monoisotopic (exact) mass is 304 g/mol. The number of hydrogen-bond donors (Lipinski definition) is 1. The second kappa shape index (κ2) is 4.87. The molecule has 0 radical (unpaired) electrons. The van der Waals surface area contributed by atoms with Gasteiger partial charge in [0.2, 0.25) is 0 Å². The lowest BCUT2D eigenvalue weighted by atomic mass is 10.2. The molecule has 1 aromatic carbocycles. The van der Waals surface area contributed by atoms with Crippen molar-refractivity contribution in [2.45, 2.75) is 13.8 Å². The molecule has 0 saturated carbocycles. The van der Waals surface area contributed by atoms with Crippen LogP contribution in [-0.2, 0) is 0 Å². The minimum absolute atomic E-state index is 0.674. The van der Waals surface area contributed by atoms with Crippen LogP contribution in [0.2, 0.25) is 0 Å². The molecule has 0 atom stereocenters. The van der Waals surface area contributed by atoms with Crippen molar-refractivity contribution in [3.05, 3.63) is 21.8 Å². The molecule has 0 bridgehead atoms. The topological polar surface area (TPSA) is 29.3 Å². The molecule has 2 N–H and O–H groups in total. The SMILES string of the molecule is CC(C)CN(C)c1ccc(N)cc1I. The number of halogens is 1. The Kier molecular flexibility index (Phi) is 4.04. The molecule has 0 spiro atoms. The maximum Gasteiger partial charge on any atom is 0.0500 e. The quantitative estimate of drug-likeness (QED) is 0.687. The van der Waals surface area contributed by atoms with Gasteiger partial charge in [0.15, 0.2) is 0 Å². The predicted molar refractivity (Wildman–Crippen MR) is 71.7 cm³/mol. The number of rotatable bonds is 3. The number of anilines is 2. The van der Waals surface area contributed by atoms with Crippen molar-refractivity contribution < 1.29 is 0 Å². The Hall–Kier alpha value is -0.450. The highest BCUT2D eigenvalue weighted by Gasteiger charge is 2.06. The third-order valence-corrected chi connectivity index (χ3v) is 2.89. The molecule has 0 aromatic heterocycles. The van der Waals surface area contributed by atoms with E-state index in [4.69, 9.17) is 5.73 Å². The van der Waals surface area contributed by atoms with Crippen LogP contribution < -0.4 is 10.6 Å². The Balaban J connectivity index is 2.84. The summed E-state index contributed by atoms with van der Waals surface area (Å²) in [7, 11) is 2.12. The fourth-order valence-electron chi connectivity index (χ4n) is 1.48. The van der Waals surface area contributed by atoms with E-state index in [9.17, 15) is 0 Å². The minimum atomic E-state index is 0.674. The summed E-state index contributed by atoms with van der Waals surface area (Å²) >= 11 is 2.33. The smallest absolute Gasteiger partial charge is 0.0500 e. The zero-order chi connectivity index (χ0) is 10.7. The standard InChI is InChI=1S/C11H17IN2/c1-8(2)7-14(3)11-5-4-9(13)6-10(11)12/h4-6,8H,7,13H2,1-3H3. The molecule has 1 rings (SSSR count). The second-order valence-corrected chi connectivity index (χ2v) is 5.15. The molecule has 0 unspecified atom stereocenters. The van der Waals surface area contributed by atoms with Crippen molar-refractivity contribution in [1.82, 2.24) is 0 Å². The fourth-order valence-corrected chi connectivity index (χ4v) is 2.43. The van der Waals surface area contributed by atoms with Crippen molar-refractivity contribution in [2.24, 2.45) is 5.92 Å². The van der Waals surface area contributed by atoms with Gasteiger partial charge in [0, 0.05) is 22.8 Å². The first-order chi connectivity index (χ1) is 6.50. The molecule has 0 amide bonds. The van der Waals surface area contributed by atoms with Gasteiger partial charge >= 0.3 is 0 Å². The highest BCUT2D eigenvalue weighted by molar-refractivity contribution is 14.1. The Labute approximate surface area is 99.6 Å². The van der Waals surface area contributed by atoms with E-state index in [0.717, 1.165) is 12.2 Å². The number of nitrogen functional groups attached to an aromatic ring is 1. The summed E-state index contributed by atoms with van der Waals surface area (Å²) in [6, 6.07) is 6.04. The van der Waals surface area contributed by atoms with E-state index in [2.05, 4.69) is 54.5 Å². The third-order valence-electron chi connectivity index (χ3n) is 2.02. The van der Waals surface area contributed by atoms with Crippen LogP contribution in [0.25, 0.3) is 0 Å². The van der Waals surface area contributed by atoms with Gasteiger partial charge < -0.3 is 10.6 Å². The van der Waals surface area contributed by atoms with Gasteiger partial charge in [0.25, 0.3) is 0 Å². The van der Waals surface area contributed by atoms with E-state index < -0.39 is 0 Å². The summed E-state index contributed by atoms with van der Waals surface area (Å²) in [6.45, 7) is 5.52. The van der Waals surface area contributed by atoms with Gasteiger partial charge in [0.05, 0.1) is 5.69 Å². The summed E-state index contributed by atoms with van der Waals surface area (Å²) in [4.78, 5) is 2.27. The van der Waals surface area contributed by atoms with Crippen molar-refractivity contribution >= 4 is 34.0 Å². The van der Waals surface area contributed by atoms with Crippen LogP contribution in [0.3, 0.4) is 0 Å². The molecule has 3 heteroatoms. The fraction of sp³-hybridized carbons (Fsp3) is 0.455. The molecule has 78 valence electrons. The molecule has 14 heavy (non-hydrogen) atoms. The average Bonchev–Trinajstić information content (AvgIpc) is 2.01. The first-order valence-corrected chi connectivity index (χ1v) is 5.84. The summed E-state index contributed by atoms with van der Waals surface area (Å²) in [5.74, 6) is 0.674. The van der Waals surface area contributed by atoms with E-state index in [0.29, 0.717) is 5.92 Å². The molecule has 0 heterocycles. The number of hydrogen-bond acceptors (Lipinski definition) is 2. The van der Waals surface area contributed by atoms with Crippen molar-refractivity contribution in [1.29, 1.82) is 0 Å². The molecule has 2 nitrogen and oxygen atoms in total. The first-order valence-electron chi connectivity index (χ1n) is 4.77. The number of nitrogens with zero attached hydrogens (tertiary/aromatic N) is 1. The van der Waals surface area contributed by atoms with Crippen molar-refractivity contribution in [3.8, 4) is 0 Å². The Morgan fingerprint density at radius 2 is 2.07 bits per heavy atom. The highest BCUT2D eigenvalue weighted by Crippen LogP contribution is 2.24. The van der Waals surface area contributed by atoms with Crippen LogP contribution >= 0.6 is 22.6 Å². The van der Waals surface area contributed by atoms with E-state index in [1.165, 1.54) is 9.26 Å². The lowest BCUT2D eigenvalue weighted by Crippen LogP contribution is -2.23. The third kappa shape index (κ3) is 3.04. The largest absolute Gasteiger partial charge is 0.399 e. The molecule has 0 fully saturated rings. The van der Waals surface area contributed by atoms with Gasteiger partial charge in [-0.3, -0.25) is 0 Å². The molecule has 0 aliphatic heterocycles. The minimum Gasteiger partial charge on any atom is -0.399 e. The Bertz CT molecular complexity index is 310. The summed E-state index contributed by atoms with van der Waals surface area (Å²) in [6.07, 6.45) is 0. The van der Waals surface area contributed by atoms with Crippen LogP contribution in [0.5, 0.6) is 0 Å². The van der Waals surface area contributed by atoms with Crippen LogP contribution in [0.4, 0.5) is 11.4 Å². The summed E-state index contributed by atoms with van der Waals surface area (Å²) < 4.78 is 1.21. The first kappa shape index (κ1) is 11.6. The zero-order valence-corrected chi connectivity index (χ0v) is 11.1. The summed E-state index contributed by atoms with van der Waals surface area (Å²) in [5.41, 5.74) is 7.79. The number of benzene rings is 1. The normalized spacial score (nSPS) is 10.6. The van der Waals surface area contributed by atoms with E-state index >= 15 is 0 Å². The maximum atomic E-state index is 5.71. The molecule has 1 aromatic rings. The van der Waals surface area contributed by atoms with Gasteiger partial charge in [-0.25, -0.2) is 0 Å². The van der Waals surface area contributed by atoms with Gasteiger partial charge in [0.1, 0.15) is 0 Å². The second-order valence-electron chi connectivity index (χ2n) is 3.99. The van der Waals surface area contributed by atoms with Gasteiger partial charge in [-0.2, -0.15) is 0 Å². The lowest BCUT2D eigenvalue weighted by Gasteiger charge is -2.22. The molecule has 0 aliphatic carbocycles. The Morgan fingerprint density at radius 3 is 2.57 bits per heavy atom. The van der Waals surface area contributed by atoms with Gasteiger partial charge in [-0.15, -0.1) is 0 Å². The van der Waals surface area contributed by atoms with Crippen LogP contribution in [-0.4, -0.2) is 13.6 Å². The predicted octanol–water partition coefficient (Wildman–Crippen LogP) is 2.97. The van der Waals surface area contributed by atoms with E-state index in [1.807, 2.05) is 12.1 Å². The molecular weight excluding hydrogens is 287 g/mol. The molecule has 0 aliphatic rings. The van der Waals surface area contributed by atoms with Crippen molar-refractivity contribution in [3.63, 3.8) is 0 Å². The van der Waals surface area contributed by atoms with E-state index in [1.54, 1.807) is 0 Å². The Morgan fingerprint density at radius 1 is 1.43 bits per heavy atom. The van der Waals surface area contributed by atoms with Gasteiger partial charge in [-0.1, -0.05) is 13.8 Å². The number of nitrogens with two attached hydrogens (primary N) is 1. The molecule has 0 saturated heterocycles. The highest BCUT2D eigenvalue weighted by atomic mass is 127. The van der Waals surface area contributed by atoms with Crippen LogP contribution in [0.1, 0.15) is 13.8 Å². The van der Waals surface area contributed by atoms with E-state index in [-0.39, 0.29) is 0 Å². The summed E-state index contributed by atoms with van der Waals surface area (Å²) in [5, 5.41) is 0. The zero-order valence-electron chi connectivity index (χ0n) is 8.92. The van der Waals surface area contributed by atoms with Crippen LogP contribution in [0, 0.1) is 9.49 Å². The maximum absolute atomic E-state index is 5.71.